The molecule has 0 aliphatic carbocycles. The van der Waals surface area contributed by atoms with Crippen LogP contribution < -0.4 is 21.9 Å². The molecule has 2 aromatic heterocycles. The first kappa shape index (κ1) is 15.6. The number of hydrogen-bond acceptors (Lipinski definition) is 6. The van der Waals surface area contributed by atoms with E-state index in [1.54, 1.807) is 22.9 Å². The van der Waals surface area contributed by atoms with E-state index in [2.05, 4.69) is 20.6 Å². The van der Waals surface area contributed by atoms with E-state index in [4.69, 9.17) is 5.73 Å². The van der Waals surface area contributed by atoms with Gasteiger partial charge in [-0.2, -0.15) is 4.98 Å². The lowest BCUT2D eigenvalue weighted by molar-refractivity contribution is 0.312. The van der Waals surface area contributed by atoms with Gasteiger partial charge < -0.3 is 16.4 Å². The van der Waals surface area contributed by atoms with Crippen molar-refractivity contribution in [2.45, 2.75) is 13.0 Å². The minimum absolute atomic E-state index is 0.0306. The average molecular weight is 336 g/mol. The molecule has 128 valence electrons. The highest BCUT2D eigenvalue weighted by atomic mass is 16.1. The van der Waals surface area contributed by atoms with Gasteiger partial charge in [0.05, 0.1) is 0 Å². The second-order valence-electron chi connectivity index (χ2n) is 6.36. The molecule has 0 atom stereocenters. The van der Waals surface area contributed by atoms with E-state index in [1.165, 1.54) is 0 Å². The summed E-state index contributed by atoms with van der Waals surface area (Å²) in [6.45, 7) is 2.72. The molecular weight excluding hydrogens is 316 g/mol. The molecule has 1 fully saturated rings. The quantitative estimate of drug-likeness (QED) is 0.614. The molecule has 4 rings (SSSR count). The molecule has 3 aromatic rings. The largest absolute Gasteiger partial charge is 0.399 e. The Kier molecular flexibility index (Phi) is 4.07. The van der Waals surface area contributed by atoms with E-state index in [1.807, 2.05) is 24.3 Å². The first-order valence-corrected chi connectivity index (χ1v) is 8.39. The van der Waals surface area contributed by atoms with Crippen molar-refractivity contribution in [1.29, 1.82) is 0 Å². The predicted octanol–water partition coefficient (Wildman–Crippen LogP) is 1.73. The van der Waals surface area contributed by atoms with Crippen molar-refractivity contribution in [3.05, 3.63) is 52.9 Å². The molecular formula is C18H20N6O. The summed E-state index contributed by atoms with van der Waals surface area (Å²) in [6.07, 6.45) is 2.71. The fourth-order valence-corrected chi connectivity index (χ4v) is 2.91. The fraction of sp³-hybridized carbons (Fsp3) is 0.278. The summed E-state index contributed by atoms with van der Waals surface area (Å²) in [4.78, 5) is 21.2. The standard InChI is InChI=1S/C18H20N6O/c19-14-2-4-15(5-3-14)22-18-21-11-13-1-6-16(25)24(17(13)23-18)8-7-12-9-20-10-12/h1-6,11-12,20H,7-10,19H2,(H,21,22,23). The van der Waals surface area contributed by atoms with Crippen molar-refractivity contribution in [2.24, 2.45) is 5.92 Å². The number of nitrogen functional groups attached to an aromatic ring is 1. The number of anilines is 3. The first-order chi connectivity index (χ1) is 12.2. The molecule has 1 aromatic carbocycles. The third kappa shape index (κ3) is 3.32. The van der Waals surface area contributed by atoms with E-state index in [9.17, 15) is 4.79 Å². The number of pyridine rings is 1. The van der Waals surface area contributed by atoms with E-state index in [0.29, 0.717) is 29.7 Å². The summed E-state index contributed by atoms with van der Waals surface area (Å²) in [7, 11) is 0. The first-order valence-electron chi connectivity index (χ1n) is 8.39. The maximum absolute atomic E-state index is 12.3. The number of fused-ring (bicyclic) bond motifs is 1. The van der Waals surface area contributed by atoms with Crippen LogP contribution in [0.15, 0.2) is 47.4 Å². The molecule has 7 heteroatoms. The van der Waals surface area contributed by atoms with Gasteiger partial charge in [-0.25, -0.2) is 4.98 Å². The molecule has 3 heterocycles. The van der Waals surface area contributed by atoms with Crippen LogP contribution in [-0.4, -0.2) is 27.6 Å². The molecule has 0 amide bonds. The van der Waals surface area contributed by atoms with Crippen molar-refractivity contribution in [3.8, 4) is 0 Å². The van der Waals surface area contributed by atoms with Crippen molar-refractivity contribution in [3.63, 3.8) is 0 Å². The van der Waals surface area contributed by atoms with Gasteiger partial charge in [0.25, 0.3) is 5.56 Å². The van der Waals surface area contributed by atoms with Gasteiger partial charge in [-0.3, -0.25) is 9.36 Å². The lowest BCUT2D eigenvalue weighted by Crippen LogP contribution is -2.42. The topological polar surface area (TPSA) is 97.9 Å². The van der Waals surface area contributed by atoms with Crippen LogP contribution in [-0.2, 0) is 6.54 Å². The Labute approximate surface area is 144 Å². The summed E-state index contributed by atoms with van der Waals surface area (Å²) < 4.78 is 1.74. The third-order valence-corrected chi connectivity index (χ3v) is 4.52. The Morgan fingerprint density at radius 3 is 2.72 bits per heavy atom. The smallest absolute Gasteiger partial charge is 0.252 e. The van der Waals surface area contributed by atoms with Crippen LogP contribution in [0.4, 0.5) is 17.3 Å². The Bertz CT molecular complexity index is 946. The zero-order valence-electron chi connectivity index (χ0n) is 13.8. The predicted molar refractivity (Wildman–Crippen MR) is 98.9 cm³/mol. The van der Waals surface area contributed by atoms with E-state index in [0.717, 1.165) is 30.6 Å². The van der Waals surface area contributed by atoms with Gasteiger partial charge in [0.1, 0.15) is 5.65 Å². The van der Waals surface area contributed by atoms with Gasteiger partial charge >= 0.3 is 0 Å². The Morgan fingerprint density at radius 2 is 2.00 bits per heavy atom. The molecule has 1 aliphatic rings. The molecule has 0 radical (unpaired) electrons. The van der Waals surface area contributed by atoms with Gasteiger partial charge in [0, 0.05) is 35.6 Å². The monoisotopic (exact) mass is 336 g/mol. The molecule has 1 aliphatic heterocycles. The highest BCUT2D eigenvalue weighted by molar-refractivity contribution is 5.75. The molecule has 0 spiro atoms. The van der Waals surface area contributed by atoms with Crippen LogP contribution in [0.3, 0.4) is 0 Å². The molecule has 0 bridgehead atoms. The van der Waals surface area contributed by atoms with Crippen molar-refractivity contribution >= 4 is 28.4 Å². The lowest BCUT2D eigenvalue weighted by atomic mass is 9.99. The summed E-state index contributed by atoms with van der Waals surface area (Å²) in [6, 6.07) is 10.7. The highest BCUT2D eigenvalue weighted by Gasteiger charge is 2.17. The summed E-state index contributed by atoms with van der Waals surface area (Å²) >= 11 is 0. The van der Waals surface area contributed by atoms with Gasteiger partial charge in [-0.15, -0.1) is 0 Å². The number of hydrogen-bond donors (Lipinski definition) is 3. The molecule has 0 unspecified atom stereocenters. The van der Waals surface area contributed by atoms with Crippen LogP contribution in [0.1, 0.15) is 6.42 Å². The number of nitrogens with zero attached hydrogens (tertiary/aromatic N) is 3. The van der Waals surface area contributed by atoms with E-state index >= 15 is 0 Å². The van der Waals surface area contributed by atoms with Gasteiger partial charge in [0.15, 0.2) is 0 Å². The van der Waals surface area contributed by atoms with Crippen LogP contribution >= 0.6 is 0 Å². The van der Waals surface area contributed by atoms with Gasteiger partial charge in [-0.05, 0) is 55.8 Å². The van der Waals surface area contributed by atoms with Crippen LogP contribution in [0.5, 0.6) is 0 Å². The van der Waals surface area contributed by atoms with Crippen molar-refractivity contribution in [2.75, 3.05) is 24.1 Å². The third-order valence-electron chi connectivity index (χ3n) is 4.52. The molecule has 7 nitrogen and oxygen atoms in total. The number of nitrogens with two attached hydrogens (primary N) is 1. The second kappa shape index (κ2) is 6.52. The van der Waals surface area contributed by atoms with Crippen LogP contribution in [0, 0.1) is 5.92 Å². The highest BCUT2D eigenvalue weighted by Crippen LogP contribution is 2.18. The minimum Gasteiger partial charge on any atom is -0.399 e. The molecule has 4 N–H and O–H groups in total. The number of aromatic nitrogens is 3. The fourth-order valence-electron chi connectivity index (χ4n) is 2.91. The minimum atomic E-state index is -0.0306. The molecule has 0 saturated carbocycles. The number of nitrogens with one attached hydrogen (secondary N) is 2. The zero-order valence-corrected chi connectivity index (χ0v) is 13.8. The van der Waals surface area contributed by atoms with Gasteiger partial charge in [-0.1, -0.05) is 0 Å². The lowest BCUT2D eigenvalue weighted by Gasteiger charge is -2.27. The average Bonchev–Trinajstić information content (AvgIpc) is 2.57. The SMILES string of the molecule is Nc1ccc(Nc2ncc3ccc(=O)n(CCC4CNC4)c3n2)cc1. The van der Waals surface area contributed by atoms with Gasteiger partial charge in [0.2, 0.25) is 5.95 Å². The maximum Gasteiger partial charge on any atom is 0.252 e. The Balaban J connectivity index is 1.65. The summed E-state index contributed by atoms with van der Waals surface area (Å²) in [5.74, 6) is 1.10. The molecule has 1 saturated heterocycles. The Hall–Kier alpha value is -2.93. The summed E-state index contributed by atoms with van der Waals surface area (Å²) in [5.41, 5.74) is 7.88. The van der Waals surface area contributed by atoms with Crippen molar-refractivity contribution < 1.29 is 0 Å². The maximum atomic E-state index is 12.3. The van der Waals surface area contributed by atoms with E-state index in [-0.39, 0.29) is 5.56 Å². The number of aryl methyl sites for hydroxylation is 1. The zero-order chi connectivity index (χ0) is 17.2. The number of benzene rings is 1. The summed E-state index contributed by atoms with van der Waals surface area (Å²) in [5, 5.41) is 7.27. The molecule has 25 heavy (non-hydrogen) atoms. The van der Waals surface area contributed by atoms with Crippen molar-refractivity contribution in [1.82, 2.24) is 19.9 Å². The Morgan fingerprint density at radius 1 is 1.20 bits per heavy atom. The number of rotatable bonds is 5. The van der Waals surface area contributed by atoms with Crippen LogP contribution in [0.25, 0.3) is 11.0 Å². The second-order valence-corrected chi connectivity index (χ2v) is 6.36. The van der Waals surface area contributed by atoms with Crippen LogP contribution in [0.2, 0.25) is 0 Å². The van der Waals surface area contributed by atoms with E-state index < -0.39 is 0 Å². The normalized spacial score (nSPS) is 14.4.